The van der Waals surface area contributed by atoms with Crippen molar-refractivity contribution in [3.8, 4) is 0 Å². The maximum Gasteiger partial charge on any atom is 0.270 e. The number of rotatable bonds is 2. The molecular formula is C15H17ClN2O3S. The van der Waals surface area contributed by atoms with Crippen molar-refractivity contribution < 1.29 is 13.2 Å². The van der Waals surface area contributed by atoms with Crippen LogP contribution in [0.1, 0.15) is 16.9 Å². The summed E-state index contributed by atoms with van der Waals surface area (Å²) in [7, 11) is 0.433. The Kier molecular flexibility index (Phi) is 3.69. The molecule has 1 saturated heterocycles. The quantitative estimate of drug-likeness (QED) is 0.841. The second kappa shape index (κ2) is 5.28. The molecule has 2 heterocycles. The Bertz CT molecular complexity index is 857. The Hall–Kier alpha value is -1.53. The van der Waals surface area contributed by atoms with Crippen molar-refractivity contribution in [2.45, 2.75) is 12.5 Å². The van der Waals surface area contributed by atoms with Crippen molar-refractivity contribution in [3.63, 3.8) is 0 Å². The van der Waals surface area contributed by atoms with Gasteiger partial charge in [0.25, 0.3) is 5.91 Å². The molecule has 1 amide bonds. The molecule has 7 heteroatoms. The first-order valence-corrected chi connectivity index (χ1v) is 9.21. The van der Waals surface area contributed by atoms with Crippen LogP contribution in [0, 0.1) is 0 Å². The molecule has 2 aromatic rings. The lowest BCUT2D eigenvalue weighted by Gasteiger charge is -2.23. The van der Waals surface area contributed by atoms with E-state index in [9.17, 15) is 13.2 Å². The molecule has 1 atom stereocenters. The number of halogens is 1. The van der Waals surface area contributed by atoms with Crippen LogP contribution < -0.4 is 0 Å². The number of hydrogen-bond acceptors (Lipinski definition) is 3. The van der Waals surface area contributed by atoms with E-state index in [0.717, 1.165) is 10.9 Å². The number of benzene rings is 1. The van der Waals surface area contributed by atoms with Gasteiger partial charge < -0.3 is 9.47 Å². The van der Waals surface area contributed by atoms with Gasteiger partial charge in [0.15, 0.2) is 9.84 Å². The number of carbonyl (C=O) groups excluding carboxylic acids is 1. The highest BCUT2D eigenvalue weighted by Crippen LogP contribution is 2.27. The lowest BCUT2D eigenvalue weighted by molar-refractivity contribution is 0.0738. The van der Waals surface area contributed by atoms with Gasteiger partial charge in [-0.3, -0.25) is 4.79 Å². The topological polar surface area (TPSA) is 59.4 Å². The van der Waals surface area contributed by atoms with Gasteiger partial charge in [0, 0.05) is 25.5 Å². The molecule has 1 fully saturated rings. The van der Waals surface area contributed by atoms with E-state index in [2.05, 4.69) is 0 Å². The lowest BCUT2D eigenvalue weighted by atomic mass is 10.2. The Balaban J connectivity index is 1.96. The van der Waals surface area contributed by atoms with Crippen LogP contribution in [0.15, 0.2) is 24.3 Å². The molecule has 5 nitrogen and oxygen atoms in total. The summed E-state index contributed by atoms with van der Waals surface area (Å²) < 4.78 is 25.0. The van der Waals surface area contributed by atoms with Crippen molar-refractivity contribution in [3.05, 3.63) is 35.0 Å². The first-order chi connectivity index (χ1) is 10.3. The maximum atomic E-state index is 12.7. The van der Waals surface area contributed by atoms with E-state index >= 15 is 0 Å². The summed E-state index contributed by atoms with van der Waals surface area (Å²) in [5, 5.41) is 1.48. The number of aromatic nitrogens is 1. The monoisotopic (exact) mass is 340 g/mol. The standard InChI is InChI=1S/C15H17ClN2O3S/c1-17(11-6-7-22(20,21)9-11)15(19)13-8-10-4-3-5-12(16)14(10)18(13)2/h3-5,8,11H,6-7,9H2,1-2H3. The normalized spacial score (nSPS) is 20.4. The molecular weight excluding hydrogens is 324 g/mol. The van der Waals surface area contributed by atoms with Gasteiger partial charge in [0.1, 0.15) is 5.69 Å². The predicted octanol–water partition coefficient (Wildman–Crippen LogP) is 2.09. The van der Waals surface area contributed by atoms with Crippen LogP contribution in [-0.2, 0) is 16.9 Å². The van der Waals surface area contributed by atoms with Crippen molar-refractivity contribution in [2.24, 2.45) is 7.05 Å². The number of nitrogens with zero attached hydrogens (tertiary/aromatic N) is 2. The summed E-state index contributed by atoms with van der Waals surface area (Å²) in [6.45, 7) is 0. The summed E-state index contributed by atoms with van der Waals surface area (Å²) in [4.78, 5) is 14.2. The van der Waals surface area contributed by atoms with Gasteiger partial charge in [-0.1, -0.05) is 23.7 Å². The SMILES string of the molecule is CN(C(=O)c1cc2cccc(Cl)c2n1C)C1CCS(=O)(=O)C1. The molecule has 0 aliphatic carbocycles. The maximum absolute atomic E-state index is 12.7. The molecule has 22 heavy (non-hydrogen) atoms. The average Bonchev–Trinajstić information content (AvgIpc) is 2.98. The van der Waals surface area contributed by atoms with Gasteiger partial charge in [-0.05, 0) is 18.6 Å². The molecule has 0 N–H and O–H groups in total. The number of aryl methyl sites for hydroxylation is 1. The summed E-state index contributed by atoms with van der Waals surface area (Å²) in [5.41, 5.74) is 1.31. The Labute approximate surface area is 134 Å². The molecule has 1 unspecified atom stereocenters. The molecule has 0 saturated carbocycles. The second-order valence-corrected chi connectivity index (χ2v) is 8.38. The van der Waals surface area contributed by atoms with E-state index in [1.807, 2.05) is 12.1 Å². The number of fused-ring (bicyclic) bond motifs is 1. The van der Waals surface area contributed by atoms with Gasteiger partial charge >= 0.3 is 0 Å². The minimum atomic E-state index is -3.02. The zero-order valence-electron chi connectivity index (χ0n) is 12.4. The zero-order chi connectivity index (χ0) is 16.1. The van der Waals surface area contributed by atoms with Crippen molar-refractivity contribution in [1.82, 2.24) is 9.47 Å². The number of amides is 1. The van der Waals surface area contributed by atoms with Crippen LogP contribution >= 0.6 is 11.6 Å². The Morgan fingerprint density at radius 3 is 2.73 bits per heavy atom. The number of sulfone groups is 1. The molecule has 0 bridgehead atoms. The minimum Gasteiger partial charge on any atom is -0.338 e. The Morgan fingerprint density at radius 2 is 2.14 bits per heavy atom. The fraction of sp³-hybridized carbons (Fsp3) is 0.400. The molecule has 1 aliphatic heterocycles. The summed E-state index contributed by atoms with van der Waals surface area (Å²) >= 11 is 6.20. The van der Waals surface area contributed by atoms with Crippen LogP contribution in [0.4, 0.5) is 0 Å². The van der Waals surface area contributed by atoms with Crippen molar-refractivity contribution >= 4 is 38.2 Å². The fourth-order valence-electron chi connectivity index (χ4n) is 3.00. The Morgan fingerprint density at radius 1 is 1.41 bits per heavy atom. The van der Waals surface area contributed by atoms with E-state index in [4.69, 9.17) is 11.6 Å². The van der Waals surface area contributed by atoms with Gasteiger partial charge in [-0.25, -0.2) is 8.42 Å². The molecule has 118 valence electrons. The van der Waals surface area contributed by atoms with E-state index in [-0.39, 0.29) is 23.5 Å². The molecule has 0 radical (unpaired) electrons. The van der Waals surface area contributed by atoms with Crippen LogP contribution in [0.3, 0.4) is 0 Å². The van der Waals surface area contributed by atoms with Crippen molar-refractivity contribution in [2.75, 3.05) is 18.6 Å². The van der Waals surface area contributed by atoms with Gasteiger partial charge in [0.2, 0.25) is 0 Å². The van der Waals surface area contributed by atoms with Gasteiger partial charge in [-0.2, -0.15) is 0 Å². The van der Waals surface area contributed by atoms with Crippen LogP contribution in [0.5, 0.6) is 0 Å². The van der Waals surface area contributed by atoms with Gasteiger partial charge in [-0.15, -0.1) is 0 Å². The third-order valence-electron chi connectivity index (χ3n) is 4.30. The highest BCUT2D eigenvalue weighted by Gasteiger charge is 2.33. The minimum absolute atomic E-state index is 0.0416. The first-order valence-electron chi connectivity index (χ1n) is 7.02. The summed E-state index contributed by atoms with van der Waals surface area (Å²) in [6, 6.07) is 7.06. The lowest BCUT2D eigenvalue weighted by Crippen LogP contribution is -2.38. The average molecular weight is 341 g/mol. The molecule has 1 aromatic carbocycles. The fourth-order valence-corrected chi connectivity index (χ4v) is 5.08. The summed E-state index contributed by atoms with van der Waals surface area (Å²) in [6.07, 6.45) is 0.495. The van der Waals surface area contributed by atoms with Crippen LogP contribution in [-0.4, -0.2) is 48.4 Å². The highest BCUT2D eigenvalue weighted by molar-refractivity contribution is 7.91. The summed E-state index contributed by atoms with van der Waals surface area (Å²) in [5.74, 6) is 0.00718. The molecule has 1 aromatic heterocycles. The second-order valence-electron chi connectivity index (χ2n) is 5.74. The third kappa shape index (κ3) is 2.50. The van der Waals surface area contributed by atoms with E-state index in [0.29, 0.717) is 17.1 Å². The highest BCUT2D eigenvalue weighted by atomic mass is 35.5. The van der Waals surface area contributed by atoms with E-state index in [1.54, 1.807) is 30.8 Å². The molecule has 0 spiro atoms. The first kappa shape index (κ1) is 15.4. The van der Waals surface area contributed by atoms with Crippen LogP contribution in [0.2, 0.25) is 5.02 Å². The number of hydrogen-bond donors (Lipinski definition) is 0. The number of carbonyl (C=O) groups is 1. The van der Waals surface area contributed by atoms with Gasteiger partial charge in [0.05, 0.1) is 22.0 Å². The smallest absolute Gasteiger partial charge is 0.270 e. The molecule has 1 aliphatic rings. The largest absolute Gasteiger partial charge is 0.338 e. The predicted molar refractivity (Wildman–Crippen MR) is 87.1 cm³/mol. The van der Waals surface area contributed by atoms with E-state index in [1.165, 1.54) is 4.90 Å². The van der Waals surface area contributed by atoms with Crippen LogP contribution in [0.25, 0.3) is 10.9 Å². The number of para-hydroxylation sites is 1. The zero-order valence-corrected chi connectivity index (χ0v) is 14.0. The van der Waals surface area contributed by atoms with E-state index < -0.39 is 9.84 Å². The molecule has 3 rings (SSSR count). The third-order valence-corrected chi connectivity index (χ3v) is 6.36. The van der Waals surface area contributed by atoms with Crippen molar-refractivity contribution in [1.29, 1.82) is 0 Å².